The lowest BCUT2D eigenvalue weighted by atomic mass is 9.97. The van der Waals surface area contributed by atoms with Crippen molar-refractivity contribution < 1.29 is 64.6 Å². The Morgan fingerprint density at radius 2 is 0.650 bits per heavy atom. The van der Waals surface area contributed by atoms with E-state index in [1.807, 2.05) is 6.08 Å². The second kappa shape index (κ2) is 72.5. The van der Waals surface area contributed by atoms with E-state index in [4.69, 9.17) is 18.9 Å². The molecule has 0 spiro atoms. The van der Waals surface area contributed by atoms with Crippen molar-refractivity contribution in [1.82, 2.24) is 5.32 Å². The van der Waals surface area contributed by atoms with Crippen molar-refractivity contribution in [2.75, 3.05) is 19.8 Å². The first kappa shape index (κ1) is 96.8. The maximum Gasteiger partial charge on any atom is 0.220 e. The Bertz CT molecular complexity index is 1960. The van der Waals surface area contributed by atoms with E-state index in [0.717, 1.165) is 44.9 Å². The number of amides is 1. The van der Waals surface area contributed by atoms with Gasteiger partial charge < -0.3 is 65.1 Å². The molecule has 2 aliphatic heterocycles. The molecule has 2 heterocycles. The number of nitrogens with one attached hydrogen (secondary N) is 1. The monoisotopic (exact) mass is 1460 g/mol. The molecule has 0 radical (unpaired) electrons. The molecule has 0 aromatic rings. The molecule has 14 heteroatoms. The molecule has 0 saturated carbocycles. The average Bonchev–Trinajstić information content (AvgIpc) is 0.791. The number of ether oxygens (including phenoxy) is 4. The second-order valence-corrected chi connectivity index (χ2v) is 31.0. The number of hydrogen-bond donors (Lipinski definition) is 9. The average molecular weight is 1460 g/mol. The normalized spacial score (nSPS) is 21.8. The number of hydrogen-bond acceptors (Lipinski definition) is 13. The van der Waals surface area contributed by atoms with Crippen LogP contribution in [0.25, 0.3) is 0 Å². The largest absolute Gasteiger partial charge is 0.394 e. The second-order valence-electron chi connectivity index (χ2n) is 31.0. The van der Waals surface area contributed by atoms with E-state index >= 15 is 0 Å². The van der Waals surface area contributed by atoms with Crippen LogP contribution in [0.4, 0.5) is 0 Å². The van der Waals surface area contributed by atoms with Gasteiger partial charge in [-0.15, -0.1) is 0 Å². The minimum absolute atomic E-state index is 0.241. The van der Waals surface area contributed by atoms with Gasteiger partial charge in [0.1, 0.15) is 48.8 Å². The summed E-state index contributed by atoms with van der Waals surface area (Å²) in [6, 6.07) is -0.934. The molecule has 2 aliphatic rings. The Morgan fingerprint density at radius 3 is 1.02 bits per heavy atom. The Balaban J connectivity index is 1.56. The van der Waals surface area contributed by atoms with Crippen molar-refractivity contribution >= 4 is 5.91 Å². The zero-order valence-electron chi connectivity index (χ0n) is 66.6. The Kier molecular flexibility index (Phi) is 68.2. The van der Waals surface area contributed by atoms with Crippen LogP contribution in [-0.4, -0.2) is 140 Å². The molecular formula is C89H165NO13. The highest BCUT2D eigenvalue weighted by atomic mass is 16.7. The Morgan fingerprint density at radius 1 is 0.350 bits per heavy atom. The van der Waals surface area contributed by atoms with Gasteiger partial charge in [-0.05, 0) is 70.6 Å². The first-order chi connectivity index (χ1) is 50.6. The molecule has 1 amide bonds. The van der Waals surface area contributed by atoms with Crippen LogP contribution in [0.2, 0.25) is 0 Å². The molecular weight excluding hydrogens is 1290 g/mol. The lowest BCUT2D eigenvalue weighted by Gasteiger charge is -2.46. The number of aliphatic hydroxyl groups excluding tert-OH is 8. The number of allylic oxidation sites excluding steroid dienone is 9. The van der Waals surface area contributed by atoms with Gasteiger partial charge in [-0.1, -0.05) is 389 Å². The summed E-state index contributed by atoms with van der Waals surface area (Å²) < 4.78 is 22.9. The molecule has 12 unspecified atom stereocenters. The number of rotatable bonds is 75. The molecule has 604 valence electrons. The van der Waals surface area contributed by atoms with Crippen molar-refractivity contribution in [3.8, 4) is 0 Å². The van der Waals surface area contributed by atoms with E-state index < -0.39 is 86.8 Å². The quantitative estimate of drug-likeness (QED) is 0.0204. The fourth-order valence-electron chi connectivity index (χ4n) is 14.5. The molecule has 103 heavy (non-hydrogen) atoms. The van der Waals surface area contributed by atoms with Crippen LogP contribution in [0.15, 0.2) is 60.8 Å². The molecule has 12 atom stereocenters. The predicted molar refractivity (Wildman–Crippen MR) is 429 cm³/mol. The summed E-state index contributed by atoms with van der Waals surface area (Å²) in [7, 11) is 0. The topological polar surface area (TPSA) is 228 Å². The summed E-state index contributed by atoms with van der Waals surface area (Å²) in [4.78, 5) is 13.4. The first-order valence-electron chi connectivity index (χ1n) is 44.0. The van der Waals surface area contributed by atoms with Gasteiger partial charge in [0.05, 0.1) is 32.0 Å². The first-order valence-corrected chi connectivity index (χ1v) is 44.0. The van der Waals surface area contributed by atoms with Gasteiger partial charge in [0.15, 0.2) is 12.6 Å². The van der Waals surface area contributed by atoms with Gasteiger partial charge in [-0.3, -0.25) is 4.79 Å². The van der Waals surface area contributed by atoms with E-state index in [9.17, 15) is 45.6 Å². The third-order valence-corrected chi connectivity index (χ3v) is 21.4. The summed E-state index contributed by atoms with van der Waals surface area (Å²) in [5.41, 5.74) is 0. The lowest BCUT2D eigenvalue weighted by molar-refractivity contribution is -0.359. The van der Waals surface area contributed by atoms with Gasteiger partial charge in [0.2, 0.25) is 5.91 Å². The van der Waals surface area contributed by atoms with Crippen molar-refractivity contribution in [3.63, 3.8) is 0 Å². The summed E-state index contributed by atoms with van der Waals surface area (Å²) in [5.74, 6) is -0.241. The molecule has 2 fully saturated rings. The van der Waals surface area contributed by atoms with E-state index in [2.05, 4.69) is 67.8 Å². The van der Waals surface area contributed by atoms with Crippen molar-refractivity contribution in [2.45, 2.75) is 479 Å². The minimum atomic E-state index is -1.79. The van der Waals surface area contributed by atoms with Crippen molar-refractivity contribution in [2.24, 2.45) is 0 Å². The van der Waals surface area contributed by atoms with Crippen molar-refractivity contribution in [1.29, 1.82) is 0 Å². The number of carbonyl (C=O) groups excluding carboxylic acids is 1. The van der Waals surface area contributed by atoms with Crippen LogP contribution >= 0.6 is 0 Å². The highest BCUT2D eigenvalue weighted by molar-refractivity contribution is 5.76. The SMILES string of the molecule is CCCCCCC/C=C\C/C=C\C/C=C\CCCCCCCCCCCCCCCCCCCCCCCCCCCCC(=O)NC(COC1OC(CO)C(OC2OC(CO)C(O)C(O)C2O)C(O)C1O)C(O)/C=C/CC/C=C/CCCCCCCCCCCCCCCCCCCCCCCC. The fourth-order valence-corrected chi connectivity index (χ4v) is 14.5. The highest BCUT2D eigenvalue weighted by Crippen LogP contribution is 2.31. The van der Waals surface area contributed by atoms with Crippen LogP contribution in [0.5, 0.6) is 0 Å². The zero-order chi connectivity index (χ0) is 74.4. The van der Waals surface area contributed by atoms with Crippen LogP contribution in [0, 0.1) is 0 Å². The van der Waals surface area contributed by atoms with Crippen LogP contribution in [0.3, 0.4) is 0 Å². The third kappa shape index (κ3) is 54.9. The Hall–Kier alpha value is -2.31. The predicted octanol–water partition coefficient (Wildman–Crippen LogP) is 21.1. The molecule has 0 aromatic carbocycles. The molecule has 2 rings (SSSR count). The van der Waals surface area contributed by atoms with Crippen LogP contribution < -0.4 is 5.32 Å². The minimum Gasteiger partial charge on any atom is -0.394 e. The molecule has 0 aromatic heterocycles. The molecule has 0 bridgehead atoms. The lowest BCUT2D eigenvalue weighted by Crippen LogP contribution is -2.65. The smallest absolute Gasteiger partial charge is 0.220 e. The number of carbonyl (C=O) groups is 1. The van der Waals surface area contributed by atoms with E-state index in [1.165, 1.54) is 327 Å². The number of unbranched alkanes of at least 4 members (excludes halogenated alkanes) is 54. The summed E-state index contributed by atoms with van der Waals surface area (Å²) in [5, 5.41) is 87.8. The van der Waals surface area contributed by atoms with Gasteiger partial charge >= 0.3 is 0 Å². The number of aliphatic hydroxyl groups is 8. The zero-order valence-corrected chi connectivity index (χ0v) is 66.6. The summed E-state index contributed by atoms with van der Waals surface area (Å²) >= 11 is 0. The maximum atomic E-state index is 13.4. The fraction of sp³-hybridized carbons (Fsp3) is 0.876. The standard InChI is InChI=1S/C89H165NO13/c1-3-5-7-9-11-13-15-17-19-21-23-25-27-29-31-33-34-35-36-37-38-39-40-41-42-43-44-45-47-49-51-53-55-57-59-61-63-65-67-69-71-73-81(94)90-77(76-100-88-86(99)84(97)87(80(75-92)102-88)103-89-85(98)83(96)82(95)79(74-91)101-89)78(93)72-70-68-66-64-62-60-58-56-54-52-50-48-46-32-30-28-26-24-22-20-18-16-14-12-10-8-6-4-2/h15,17,21,23,27,29,62,64,70,72,77-80,82-89,91-93,95-99H,3-14,16,18-20,22,24-26,28,30-61,63,65-69,71,73-76H2,1-2H3,(H,90,94)/b17-15-,23-21-,29-27-,64-62+,72-70+. The van der Waals surface area contributed by atoms with E-state index in [1.54, 1.807) is 6.08 Å². The van der Waals surface area contributed by atoms with Crippen LogP contribution in [-0.2, 0) is 23.7 Å². The molecule has 9 N–H and O–H groups in total. The molecule has 2 saturated heterocycles. The Labute approximate surface area is 632 Å². The van der Waals surface area contributed by atoms with Crippen molar-refractivity contribution in [3.05, 3.63) is 60.8 Å². The van der Waals surface area contributed by atoms with Gasteiger partial charge in [0.25, 0.3) is 0 Å². The highest BCUT2D eigenvalue weighted by Gasteiger charge is 2.51. The molecule has 0 aliphatic carbocycles. The third-order valence-electron chi connectivity index (χ3n) is 21.4. The van der Waals surface area contributed by atoms with Crippen LogP contribution in [0.1, 0.15) is 406 Å². The maximum absolute atomic E-state index is 13.4. The van der Waals surface area contributed by atoms with Gasteiger partial charge in [-0.25, -0.2) is 0 Å². The van der Waals surface area contributed by atoms with E-state index in [-0.39, 0.29) is 18.9 Å². The van der Waals surface area contributed by atoms with E-state index in [0.29, 0.717) is 12.8 Å². The van der Waals surface area contributed by atoms with Gasteiger partial charge in [0, 0.05) is 6.42 Å². The summed E-state index contributed by atoms with van der Waals surface area (Å²) in [6.07, 6.45) is 83.4. The molecule has 14 nitrogen and oxygen atoms in total. The summed E-state index contributed by atoms with van der Waals surface area (Å²) in [6.45, 7) is 2.83. The van der Waals surface area contributed by atoms with Gasteiger partial charge in [-0.2, -0.15) is 0 Å².